The van der Waals surface area contributed by atoms with Crippen LogP contribution in [0.1, 0.15) is 32.1 Å². The van der Waals surface area contributed by atoms with Gasteiger partial charge in [0, 0.05) is 34.6 Å². The summed E-state index contributed by atoms with van der Waals surface area (Å²) in [7, 11) is 0. The summed E-state index contributed by atoms with van der Waals surface area (Å²) in [4.78, 5) is 41.4. The van der Waals surface area contributed by atoms with Gasteiger partial charge in [0.05, 0.1) is 11.3 Å². The second-order valence-electron chi connectivity index (χ2n) is 7.25. The van der Waals surface area contributed by atoms with Gasteiger partial charge in [-0.15, -0.1) is 11.3 Å². The second kappa shape index (κ2) is 9.50. The molecule has 0 bridgehead atoms. The molecular weight excluding hydrogens is 483 g/mol. The molecule has 0 saturated heterocycles. The third kappa shape index (κ3) is 5.27. The van der Waals surface area contributed by atoms with E-state index in [0.717, 1.165) is 16.8 Å². The highest BCUT2D eigenvalue weighted by Crippen LogP contribution is 2.33. The van der Waals surface area contributed by atoms with Crippen LogP contribution in [0.2, 0.25) is 0 Å². The number of amides is 2. The predicted octanol–water partition coefficient (Wildman–Crippen LogP) is 4.52. The van der Waals surface area contributed by atoms with E-state index in [0.29, 0.717) is 10.7 Å². The van der Waals surface area contributed by atoms with Gasteiger partial charge in [0.25, 0.3) is 11.8 Å². The van der Waals surface area contributed by atoms with Gasteiger partial charge >= 0.3 is 6.18 Å². The molecule has 0 fully saturated rings. The van der Waals surface area contributed by atoms with Crippen molar-refractivity contribution in [2.45, 2.75) is 13.1 Å². The van der Waals surface area contributed by atoms with Crippen LogP contribution in [0, 0.1) is 6.92 Å². The van der Waals surface area contributed by atoms with Crippen molar-refractivity contribution in [1.29, 1.82) is 0 Å². The quantitative estimate of drug-likeness (QED) is 0.420. The number of aryl methyl sites for hydroxylation is 1. The average molecular weight is 499 g/mol. The third-order valence-corrected chi connectivity index (χ3v) is 5.51. The number of thiazole rings is 1. The van der Waals surface area contributed by atoms with Crippen LogP contribution >= 0.6 is 11.3 Å². The smallest absolute Gasteiger partial charge is 0.320 e. The summed E-state index contributed by atoms with van der Waals surface area (Å²) in [6.45, 7) is 1.42. The zero-order valence-corrected chi connectivity index (χ0v) is 18.8. The minimum absolute atomic E-state index is 0.124. The van der Waals surface area contributed by atoms with Gasteiger partial charge in [-0.3, -0.25) is 19.7 Å². The summed E-state index contributed by atoms with van der Waals surface area (Å²) in [5.74, 6) is -1.31. The molecule has 0 aliphatic rings. The molecule has 0 atom stereocenters. The standard InChI is InChI=1S/C23H16F3N5O3S/c1-13-12-18(32)19(30-31(13)17-5-3-2-4-16(17)23(24,25)26)21(34)28-15-8-6-14(7-9-15)20(33)29-22-27-10-11-35-22/h2-12H,1H3,(H,28,34)(H,27,29,33). The van der Waals surface area contributed by atoms with Crippen molar-refractivity contribution in [1.82, 2.24) is 14.8 Å². The first-order valence-electron chi connectivity index (χ1n) is 10.0. The summed E-state index contributed by atoms with van der Waals surface area (Å²) >= 11 is 1.26. The number of carbonyl (C=O) groups excluding carboxylic acids is 2. The largest absolute Gasteiger partial charge is 0.418 e. The maximum atomic E-state index is 13.5. The van der Waals surface area contributed by atoms with E-state index in [1.165, 1.54) is 60.7 Å². The molecule has 0 saturated carbocycles. The second-order valence-corrected chi connectivity index (χ2v) is 8.14. The number of benzene rings is 2. The third-order valence-electron chi connectivity index (χ3n) is 4.82. The number of rotatable bonds is 5. The number of nitrogens with zero attached hydrogens (tertiary/aromatic N) is 3. The van der Waals surface area contributed by atoms with E-state index in [9.17, 15) is 27.6 Å². The van der Waals surface area contributed by atoms with Gasteiger partial charge in [-0.2, -0.15) is 18.3 Å². The van der Waals surface area contributed by atoms with Crippen LogP contribution in [0.5, 0.6) is 0 Å². The van der Waals surface area contributed by atoms with Gasteiger partial charge in [-0.05, 0) is 43.3 Å². The van der Waals surface area contributed by atoms with Crippen LogP contribution in [0.4, 0.5) is 24.0 Å². The fraction of sp³-hybridized carbons (Fsp3) is 0.0870. The Labute approximate surface area is 200 Å². The van der Waals surface area contributed by atoms with Crippen LogP contribution < -0.4 is 16.1 Å². The summed E-state index contributed by atoms with van der Waals surface area (Å²) in [6.07, 6.45) is -3.11. The normalized spacial score (nSPS) is 11.2. The van der Waals surface area contributed by atoms with Crippen molar-refractivity contribution < 1.29 is 22.8 Å². The lowest BCUT2D eigenvalue weighted by molar-refractivity contribution is -0.137. The fourth-order valence-electron chi connectivity index (χ4n) is 3.20. The van der Waals surface area contributed by atoms with Crippen LogP contribution in [-0.2, 0) is 6.18 Å². The van der Waals surface area contributed by atoms with E-state index in [1.807, 2.05) is 0 Å². The Morgan fingerprint density at radius 1 is 1.00 bits per heavy atom. The minimum atomic E-state index is -4.66. The Kier molecular flexibility index (Phi) is 6.47. The van der Waals surface area contributed by atoms with Crippen molar-refractivity contribution in [2.24, 2.45) is 0 Å². The Hall–Kier alpha value is -4.32. The average Bonchev–Trinajstić information content (AvgIpc) is 3.32. The van der Waals surface area contributed by atoms with E-state index in [1.54, 1.807) is 11.6 Å². The molecule has 12 heteroatoms. The lowest BCUT2D eigenvalue weighted by Crippen LogP contribution is -2.27. The molecule has 4 aromatic rings. The van der Waals surface area contributed by atoms with E-state index in [2.05, 4.69) is 20.7 Å². The van der Waals surface area contributed by atoms with Crippen molar-refractivity contribution in [3.63, 3.8) is 0 Å². The molecule has 0 spiro atoms. The molecule has 8 nitrogen and oxygen atoms in total. The molecule has 0 aliphatic heterocycles. The molecule has 2 heterocycles. The highest BCUT2D eigenvalue weighted by Gasteiger charge is 2.34. The zero-order valence-electron chi connectivity index (χ0n) is 18.0. The Bertz CT molecular complexity index is 1450. The van der Waals surface area contributed by atoms with Gasteiger partial charge in [-0.25, -0.2) is 9.67 Å². The molecule has 2 aromatic heterocycles. The number of anilines is 2. The lowest BCUT2D eigenvalue weighted by Gasteiger charge is -2.16. The summed E-state index contributed by atoms with van der Waals surface area (Å²) in [6, 6.07) is 11.6. The number of aromatic nitrogens is 3. The van der Waals surface area contributed by atoms with Crippen LogP contribution in [0.3, 0.4) is 0 Å². The Balaban J connectivity index is 1.58. The highest BCUT2D eigenvalue weighted by atomic mass is 32.1. The van der Waals surface area contributed by atoms with Gasteiger partial charge in [0.1, 0.15) is 0 Å². The van der Waals surface area contributed by atoms with Crippen molar-refractivity contribution in [3.8, 4) is 5.69 Å². The summed E-state index contributed by atoms with van der Waals surface area (Å²) in [5, 5.41) is 11.2. The Morgan fingerprint density at radius 2 is 1.71 bits per heavy atom. The maximum absolute atomic E-state index is 13.5. The number of para-hydroxylation sites is 1. The molecule has 35 heavy (non-hydrogen) atoms. The lowest BCUT2D eigenvalue weighted by atomic mass is 10.1. The van der Waals surface area contributed by atoms with E-state index < -0.39 is 34.7 Å². The molecule has 4 rings (SSSR count). The van der Waals surface area contributed by atoms with Gasteiger partial charge in [0.15, 0.2) is 10.8 Å². The minimum Gasteiger partial charge on any atom is -0.320 e. The van der Waals surface area contributed by atoms with Crippen molar-refractivity contribution >= 4 is 34.0 Å². The number of halogens is 3. The number of alkyl halides is 3. The number of hydrogen-bond donors (Lipinski definition) is 2. The zero-order chi connectivity index (χ0) is 25.2. The monoisotopic (exact) mass is 499 g/mol. The van der Waals surface area contributed by atoms with Crippen LogP contribution in [0.25, 0.3) is 5.69 Å². The summed E-state index contributed by atoms with van der Waals surface area (Å²) < 4.78 is 41.3. The summed E-state index contributed by atoms with van der Waals surface area (Å²) in [5.41, 5.74) is -1.93. The molecule has 178 valence electrons. The molecule has 2 amide bonds. The molecular formula is C23H16F3N5O3S. The van der Waals surface area contributed by atoms with Gasteiger partial charge in [0.2, 0.25) is 5.43 Å². The molecule has 0 unspecified atom stereocenters. The fourth-order valence-corrected chi connectivity index (χ4v) is 3.72. The van der Waals surface area contributed by atoms with Crippen LogP contribution in [0.15, 0.2) is 71.0 Å². The van der Waals surface area contributed by atoms with E-state index in [4.69, 9.17) is 0 Å². The number of hydrogen-bond acceptors (Lipinski definition) is 6. The van der Waals surface area contributed by atoms with Gasteiger partial charge < -0.3 is 5.32 Å². The SMILES string of the molecule is Cc1cc(=O)c(C(=O)Nc2ccc(C(=O)Nc3nccs3)cc2)nn1-c1ccccc1C(F)(F)F. The Morgan fingerprint density at radius 3 is 2.37 bits per heavy atom. The molecule has 2 aromatic carbocycles. The van der Waals surface area contributed by atoms with Gasteiger partial charge in [-0.1, -0.05) is 12.1 Å². The topological polar surface area (TPSA) is 106 Å². The molecule has 2 N–H and O–H groups in total. The molecule has 0 radical (unpaired) electrons. The number of nitrogens with one attached hydrogen (secondary N) is 2. The van der Waals surface area contributed by atoms with Crippen molar-refractivity contribution in [2.75, 3.05) is 10.6 Å². The molecule has 0 aliphatic carbocycles. The highest BCUT2D eigenvalue weighted by molar-refractivity contribution is 7.13. The first-order chi connectivity index (χ1) is 16.6. The maximum Gasteiger partial charge on any atom is 0.418 e. The number of carbonyl (C=O) groups is 2. The van der Waals surface area contributed by atoms with E-state index >= 15 is 0 Å². The first kappa shape index (κ1) is 23.8. The first-order valence-corrected chi connectivity index (χ1v) is 10.9. The van der Waals surface area contributed by atoms with E-state index in [-0.39, 0.29) is 17.1 Å². The predicted molar refractivity (Wildman–Crippen MR) is 124 cm³/mol. The van der Waals surface area contributed by atoms with Crippen molar-refractivity contribution in [3.05, 3.63) is 98.9 Å². The van der Waals surface area contributed by atoms with Crippen LogP contribution in [-0.4, -0.2) is 26.6 Å².